The van der Waals surface area contributed by atoms with Gasteiger partial charge in [-0.05, 0) is 56.0 Å². The summed E-state index contributed by atoms with van der Waals surface area (Å²) in [6.45, 7) is 8.92. The summed E-state index contributed by atoms with van der Waals surface area (Å²) in [6.07, 6.45) is 4.66. The first-order valence-electron chi connectivity index (χ1n) is 10.1. The number of aromatic nitrogens is 4. The number of aliphatic imine (C=N–C) groups is 1. The van der Waals surface area contributed by atoms with Crippen molar-refractivity contribution < 1.29 is 0 Å². The van der Waals surface area contributed by atoms with Gasteiger partial charge < -0.3 is 10.6 Å². The highest BCUT2D eigenvalue weighted by Crippen LogP contribution is 2.09. The van der Waals surface area contributed by atoms with E-state index in [1.807, 2.05) is 23.9 Å². The maximum atomic E-state index is 4.54. The van der Waals surface area contributed by atoms with Gasteiger partial charge in [0.2, 0.25) is 0 Å². The Hall–Kier alpha value is -2.36. The molecule has 3 aromatic rings. The largest absolute Gasteiger partial charge is 0.356 e. The van der Waals surface area contributed by atoms with Gasteiger partial charge in [-0.3, -0.25) is 9.67 Å². The minimum atomic E-state index is 0. The molecule has 0 bridgehead atoms. The van der Waals surface area contributed by atoms with E-state index >= 15 is 0 Å². The van der Waals surface area contributed by atoms with Gasteiger partial charge in [-0.1, -0.05) is 19.1 Å². The normalized spacial score (nSPS) is 12.3. The Balaban J connectivity index is 0.00000320. The minimum absolute atomic E-state index is 0. The van der Waals surface area contributed by atoms with Crippen LogP contribution in [0.1, 0.15) is 23.9 Å². The van der Waals surface area contributed by atoms with Crippen molar-refractivity contribution in [3.63, 3.8) is 0 Å². The lowest BCUT2D eigenvalue weighted by atomic mass is 10.1. The molecule has 0 amide bonds. The Labute approximate surface area is 196 Å². The lowest BCUT2D eigenvalue weighted by Gasteiger charge is -2.17. The molecule has 3 rings (SSSR count). The molecule has 8 heteroatoms. The molecule has 0 saturated heterocycles. The Kier molecular flexibility index (Phi) is 9.35. The van der Waals surface area contributed by atoms with Crippen LogP contribution in [0.5, 0.6) is 0 Å². The first-order valence-corrected chi connectivity index (χ1v) is 10.1. The van der Waals surface area contributed by atoms with Gasteiger partial charge in [0.1, 0.15) is 0 Å². The number of benzene rings is 1. The molecule has 0 aliphatic rings. The van der Waals surface area contributed by atoms with Crippen LogP contribution in [0.4, 0.5) is 0 Å². The fourth-order valence-corrected chi connectivity index (χ4v) is 3.27. The van der Waals surface area contributed by atoms with Crippen LogP contribution < -0.4 is 10.6 Å². The second-order valence-electron chi connectivity index (χ2n) is 7.46. The first-order chi connectivity index (χ1) is 14.0. The molecule has 7 nitrogen and oxygen atoms in total. The van der Waals surface area contributed by atoms with Crippen LogP contribution in [0, 0.1) is 19.8 Å². The van der Waals surface area contributed by atoms with Crippen LogP contribution in [-0.4, -0.2) is 45.7 Å². The highest BCUT2D eigenvalue weighted by atomic mass is 127. The van der Waals surface area contributed by atoms with Gasteiger partial charge in [0.05, 0.1) is 11.4 Å². The third kappa shape index (κ3) is 6.86. The van der Waals surface area contributed by atoms with E-state index < -0.39 is 0 Å². The van der Waals surface area contributed by atoms with E-state index in [1.54, 1.807) is 13.2 Å². The molecular formula is C22H32IN7. The van der Waals surface area contributed by atoms with Gasteiger partial charge >= 0.3 is 0 Å². The van der Waals surface area contributed by atoms with Gasteiger partial charge in [0.25, 0.3) is 0 Å². The van der Waals surface area contributed by atoms with Crippen molar-refractivity contribution in [2.45, 2.75) is 33.7 Å². The first kappa shape index (κ1) is 23.9. The van der Waals surface area contributed by atoms with Gasteiger partial charge in [-0.25, -0.2) is 4.68 Å². The van der Waals surface area contributed by atoms with Crippen LogP contribution in [0.15, 0.2) is 53.8 Å². The Morgan fingerprint density at radius 2 is 1.93 bits per heavy atom. The molecule has 2 heterocycles. The maximum absolute atomic E-state index is 4.54. The Morgan fingerprint density at radius 1 is 1.17 bits per heavy atom. The van der Waals surface area contributed by atoms with E-state index in [2.05, 4.69) is 74.7 Å². The van der Waals surface area contributed by atoms with Gasteiger partial charge in [0, 0.05) is 44.8 Å². The fourth-order valence-electron chi connectivity index (χ4n) is 3.27. The summed E-state index contributed by atoms with van der Waals surface area (Å²) in [7, 11) is 1.81. The number of halogens is 1. The zero-order chi connectivity index (χ0) is 20.6. The molecule has 0 aliphatic carbocycles. The standard InChI is InChI=1S/C22H31N7.HI/c1-17(16-29-19(3)14-18(2)27-29)15-25-22(23-4)24-12-10-20-6-8-21(9-7-20)28-13-5-11-26-28;/h5-9,11,13-14,17H,10,12,15-16H2,1-4H3,(H2,23,24,25);1H. The van der Waals surface area contributed by atoms with Crippen molar-refractivity contribution in [2.75, 3.05) is 20.1 Å². The van der Waals surface area contributed by atoms with Crippen molar-refractivity contribution in [3.05, 3.63) is 65.7 Å². The van der Waals surface area contributed by atoms with Gasteiger partial charge in [-0.15, -0.1) is 24.0 Å². The number of guanidine groups is 1. The molecule has 0 spiro atoms. The monoisotopic (exact) mass is 521 g/mol. The molecule has 0 radical (unpaired) electrons. The molecule has 30 heavy (non-hydrogen) atoms. The van der Waals surface area contributed by atoms with Crippen LogP contribution >= 0.6 is 24.0 Å². The zero-order valence-electron chi connectivity index (χ0n) is 18.2. The van der Waals surface area contributed by atoms with Crippen molar-refractivity contribution >= 4 is 29.9 Å². The summed E-state index contributed by atoms with van der Waals surface area (Å²) in [4.78, 5) is 4.33. The second-order valence-corrected chi connectivity index (χ2v) is 7.46. The second kappa shape index (κ2) is 11.7. The molecule has 0 fully saturated rings. The summed E-state index contributed by atoms with van der Waals surface area (Å²) in [5.41, 5.74) is 4.62. The smallest absolute Gasteiger partial charge is 0.190 e. The van der Waals surface area contributed by atoms with Crippen LogP contribution in [0.25, 0.3) is 5.69 Å². The lowest BCUT2D eigenvalue weighted by molar-refractivity contribution is 0.436. The molecule has 0 aliphatic heterocycles. The number of nitrogens with zero attached hydrogens (tertiary/aromatic N) is 5. The predicted molar refractivity (Wildman–Crippen MR) is 133 cm³/mol. The van der Waals surface area contributed by atoms with E-state index in [0.717, 1.165) is 43.4 Å². The molecular weight excluding hydrogens is 489 g/mol. The van der Waals surface area contributed by atoms with Crippen molar-refractivity contribution in [1.82, 2.24) is 30.2 Å². The van der Waals surface area contributed by atoms with Gasteiger partial charge in [-0.2, -0.15) is 10.2 Å². The van der Waals surface area contributed by atoms with E-state index in [4.69, 9.17) is 0 Å². The number of hydrogen-bond acceptors (Lipinski definition) is 3. The number of rotatable bonds is 8. The summed E-state index contributed by atoms with van der Waals surface area (Å²) in [6, 6.07) is 12.5. The summed E-state index contributed by atoms with van der Waals surface area (Å²) < 4.78 is 3.94. The lowest BCUT2D eigenvalue weighted by Crippen LogP contribution is -2.40. The predicted octanol–water partition coefficient (Wildman–Crippen LogP) is 3.35. The highest BCUT2D eigenvalue weighted by molar-refractivity contribution is 14.0. The average molecular weight is 521 g/mol. The molecule has 0 saturated carbocycles. The van der Waals surface area contributed by atoms with E-state index in [0.29, 0.717) is 5.92 Å². The van der Waals surface area contributed by atoms with Crippen molar-refractivity contribution in [1.29, 1.82) is 0 Å². The number of nitrogens with one attached hydrogen (secondary N) is 2. The van der Waals surface area contributed by atoms with Crippen molar-refractivity contribution in [3.8, 4) is 5.69 Å². The molecule has 1 unspecified atom stereocenters. The van der Waals surface area contributed by atoms with Crippen LogP contribution in [0.3, 0.4) is 0 Å². The minimum Gasteiger partial charge on any atom is -0.356 e. The zero-order valence-corrected chi connectivity index (χ0v) is 20.5. The molecule has 1 atom stereocenters. The van der Waals surface area contributed by atoms with E-state index in [-0.39, 0.29) is 24.0 Å². The highest BCUT2D eigenvalue weighted by Gasteiger charge is 2.08. The Morgan fingerprint density at radius 3 is 2.53 bits per heavy atom. The number of aryl methyl sites for hydroxylation is 2. The summed E-state index contributed by atoms with van der Waals surface area (Å²) >= 11 is 0. The van der Waals surface area contributed by atoms with E-state index in [9.17, 15) is 0 Å². The van der Waals surface area contributed by atoms with Crippen LogP contribution in [0.2, 0.25) is 0 Å². The third-order valence-electron chi connectivity index (χ3n) is 4.84. The summed E-state index contributed by atoms with van der Waals surface area (Å²) in [5.74, 6) is 1.28. The molecule has 2 aromatic heterocycles. The summed E-state index contributed by atoms with van der Waals surface area (Å²) in [5, 5.41) is 15.6. The molecule has 1 aromatic carbocycles. The fraction of sp³-hybridized carbons (Fsp3) is 0.409. The third-order valence-corrected chi connectivity index (χ3v) is 4.84. The van der Waals surface area contributed by atoms with Gasteiger partial charge in [0.15, 0.2) is 5.96 Å². The average Bonchev–Trinajstić information content (AvgIpc) is 3.35. The van der Waals surface area contributed by atoms with Crippen molar-refractivity contribution in [2.24, 2.45) is 10.9 Å². The Bertz CT molecular complexity index is 914. The quantitative estimate of drug-likeness (QED) is 0.271. The van der Waals surface area contributed by atoms with Crippen LogP contribution in [-0.2, 0) is 13.0 Å². The molecule has 162 valence electrons. The van der Waals surface area contributed by atoms with E-state index in [1.165, 1.54) is 11.3 Å². The maximum Gasteiger partial charge on any atom is 0.190 e. The molecule has 2 N–H and O–H groups in total. The SMILES string of the molecule is CN=C(NCCc1ccc(-n2cccn2)cc1)NCC(C)Cn1nc(C)cc1C.I. The number of hydrogen-bond donors (Lipinski definition) is 2. The topological polar surface area (TPSA) is 72.1 Å².